The first-order chi connectivity index (χ1) is 9.71. The largest absolute Gasteiger partial charge is 0.497 e. The van der Waals surface area contributed by atoms with E-state index in [1.54, 1.807) is 18.9 Å². The summed E-state index contributed by atoms with van der Waals surface area (Å²) in [6.07, 6.45) is -0.285. The zero-order chi connectivity index (χ0) is 14.1. The minimum Gasteiger partial charge on any atom is -0.497 e. The number of pyridine rings is 1. The first-order valence-corrected chi connectivity index (χ1v) is 6.59. The Morgan fingerprint density at radius 1 is 1.35 bits per heavy atom. The van der Waals surface area contributed by atoms with Crippen molar-refractivity contribution in [3.05, 3.63) is 35.5 Å². The molecule has 20 heavy (non-hydrogen) atoms. The van der Waals surface area contributed by atoms with Gasteiger partial charge in [0.2, 0.25) is 0 Å². The van der Waals surface area contributed by atoms with Gasteiger partial charge in [0, 0.05) is 11.5 Å². The fourth-order valence-electron chi connectivity index (χ4n) is 2.42. The van der Waals surface area contributed by atoms with Gasteiger partial charge < -0.3 is 9.47 Å². The highest BCUT2D eigenvalue weighted by atomic mass is 16.6. The molecule has 0 spiro atoms. The molecule has 1 aliphatic rings. The molecular weight excluding hydrogens is 256 g/mol. The molecule has 0 fully saturated rings. The van der Waals surface area contributed by atoms with E-state index in [4.69, 9.17) is 9.47 Å². The van der Waals surface area contributed by atoms with Gasteiger partial charge in [-0.15, -0.1) is 0 Å². The van der Waals surface area contributed by atoms with Crippen LogP contribution in [0.25, 0.3) is 10.9 Å². The smallest absolute Gasteiger partial charge is 0.410 e. The van der Waals surface area contributed by atoms with Crippen molar-refractivity contribution in [3.63, 3.8) is 0 Å². The third kappa shape index (κ3) is 2.15. The summed E-state index contributed by atoms with van der Waals surface area (Å²) in [4.78, 5) is 18.1. The predicted octanol–water partition coefficient (Wildman–Crippen LogP) is 2.72. The van der Waals surface area contributed by atoms with E-state index in [1.165, 1.54) is 0 Å². The normalized spacial score (nSPS) is 13.4. The fourth-order valence-corrected chi connectivity index (χ4v) is 2.42. The molecule has 1 amide bonds. The lowest BCUT2D eigenvalue weighted by atomic mass is 10.1. The number of methoxy groups -OCH3 is 1. The van der Waals surface area contributed by atoms with Crippen LogP contribution in [0.4, 0.5) is 4.79 Å². The number of ether oxygens (including phenoxy) is 2. The number of amides is 1. The lowest BCUT2D eigenvalue weighted by Gasteiger charge is -2.13. The second-order valence-corrected chi connectivity index (χ2v) is 4.71. The second-order valence-electron chi connectivity index (χ2n) is 4.71. The third-order valence-corrected chi connectivity index (χ3v) is 3.42. The van der Waals surface area contributed by atoms with E-state index in [0.717, 1.165) is 27.9 Å². The molecule has 0 saturated carbocycles. The van der Waals surface area contributed by atoms with Crippen molar-refractivity contribution in [1.82, 2.24) is 9.88 Å². The summed E-state index contributed by atoms with van der Waals surface area (Å²) in [5.41, 5.74) is 2.89. The number of benzene rings is 1. The van der Waals surface area contributed by atoms with E-state index in [-0.39, 0.29) is 6.09 Å². The summed E-state index contributed by atoms with van der Waals surface area (Å²) in [6.45, 7) is 3.25. The predicted molar refractivity (Wildman–Crippen MR) is 74.6 cm³/mol. The molecule has 0 N–H and O–H groups in total. The average Bonchev–Trinajstić information content (AvgIpc) is 2.87. The topological polar surface area (TPSA) is 51.7 Å². The number of aromatic nitrogens is 1. The molecule has 0 saturated heterocycles. The van der Waals surface area contributed by atoms with E-state index < -0.39 is 0 Å². The fraction of sp³-hybridized carbons (Fsp3) is 0.333. The van der Waals surface area contributed by atoms with Gasteiger partial charge in [-0.1, -0.05) is 0 Å². The Labute approximate surface area is 117 Å². The quantitative estimate of drug-likeness (QED) is 0.843. The van der Waals surface area contributed by atoms with Crippen LogP contribution in [0.3, 0.4) is 0 Å². The summed E-state index contributed by atoms with van der Waals surface area (Å²) in [5, 5.41) is 1.05. The molecule has 0 aliphatic carbocycles. The van der Waals surface area contributed by atoms with Crippen LogP contribution in [-0.2, 0) is 17.8 Å². The maximum absolute atomic E-state index is 11.8. The Bertz CT molecular complexity index is 669. The van der Waals surface area contributed by atoms with Gasteiger partial charge in [0.15, 0.2) is 0 Å². The molecular formula is C15H16N2O3. The first-order valence-electron chi connectivity index (χ1n) is 6.59. The van der Waals surface area contributed by atoms with E-state index in [2.05, 4.69) is 11.1 Å². The van der Waals surface area contributed by atoms with Crippen molar-refractivity contribution in [1.29, 1.82) is 0 Å². The van der Waals surface area contributed by atoms with Crippen molar-refractivity contribution in [3.8, 4) is 5.75 Å². The molecule has 0 bridgehead atoms. The van der Waals surface area contributed by atoms with E-state index in [9.17, 15) is 4.79 Å². The number of hydrogen-bond donors (Lipinski definition) is 0. The van der Waals surface area contributed by atoms with E-state index >= 15 is 0 Å². The Kier molecular flexibility index (Phi) is 3.18. The van der Waals surface area contributed by atoms with Gasteiger partial charge in [-0.2, -0.15) is 0 Å². The molecule has 1 aromatic heterocycles. The molecule has 2 aromatic rings. The van der Waals surface area contributed by atoms with Gasteiger partial charge >= 0.3 is 6.09 Å². The summed E-state index contributed by atoms with van der Waals surface area (Å²) >= 11 is 0. The molecule has 0 atom stereocenters. The van der Waals surface area contributed by atoms with E-state index in [1.807, 2.05) is 18.2 Å². The zero-order valence-electron chi connectivity index (χ0n) is 11.5. The molecule has 0 radical (unpaired) electrons. The van der Waals surface area contributed by atoms with Crippen LogP contribution >= 0.6 is 0 Å². The molecule has 3 rings (SSSR count). The molecule has 104 valence electrons. The SMILES string of the molecule is CCOC(=O)N1Cc2cc3ccc(OC)cc3nc2C1. The molecule has 5 heteroatoms. The van der Waals surface area contributed by atoms with Gasteiger partial charge in [0.25, 0.3) is 0 Å². The maximum Gasteiger partial charge on any atom is 0.410 e. The second kappa shape index (κ2) is 5.00. The summed E-state index contributed by atoms with van der Waals surface area (Å²) < 4.78 is 10.2. The van der Waals surface area contributed by atoms with Gasteiger partial charge in [0.1, 0.15) is 5.75 Å². The highest BCUT2D eigenvalue weighted by Gasteiger charge is 2.25. The minimum atomic E-state index is -0.285. The van der Waals surface area contributed by atoms with Crippen LogP contribution in [0.1, 0.15) is 18.2 Å². The Balaban J connectivity index is 1.93. The summed E-state index contributed by atoms with van der Waals surface area (Å²) in [7, 11) is 1.64. The number of fused-ring (bicyclic) bond motifs is 2. The monoisotopic (exact) mass is 272 g/mol. The van der Waals surface area contributed by atoms with Gasteiger partial charge in [-0.05, 0) is 30.7 Å². The van der Waals surface area contributed by atoms with Gasteiger partial charge in [-0.25, -0.2) is 4.79 Å². The molecule has 5 nitrogen and oxygen atoms in total. The molecule has 2 heterocycles. The number of carbonyl (C=O) groups excluding carboxylic acids is 1. The van der Waals surface area contributed by atoms with Gasteiger partial charge in [-0.3, -0.25) is 9.88 Å². The van der Waals surface area contributed by atoms with Crippen LogP contribution in [0, 0.1) is 0 Å². The minimum absolute atomic E-state index is 0.285. The van der Waals surface area contributed by atoms with Crippen molar-refractivity contribution in [2.24, 2.45) is 0 Å². The van der Waals surface area contributed by atoms with Crippen molar-refractivity contribution in [2.45, 2.75) is 20.0 Å². The van der Waals surface area contributed by atoms with Crippen molar-refractivity contribution in [2.75, 3.05) is 13.7 Å². The zero-order valence-corrected chi connectivity index (χ0v) is 11.5. The molecule has 1 aromatic carbocycles. The summed E-state index contributed by atoms with van der Waals surface area (Å²) in [5.74, 6) is 0.783. The van der Waals surface area contributed by atoms with Crippen LogP contribution in [0.15, 0.2) is 24.3 Å². The standard InChI is InChI=1S/C15H16N2O3/c1-3-20-15(18)17-8-11-6-10-4-5-12(19-2)7-13(10)16-14(11)9-17/h4-7H,3,8-9H2,1-2H3. The lowest BCUT2D eigenvalue weighted by molar-refractivity contribution is 0.106. The first kappa shape index (κ1) is 12.7. The highest BCUT2D eigenvalue weighted by Crippen LogP contribution is 2.27. The number of hydrogen-bond acceptors (Lipinski definition) is 4. The van der Waals surface area contributed by atoms with Gasteiger partial charge in [0.05, 0.1) is 38.0 Å². The third-order valence-electron chi connectivity index (χ3n) is 3.42. The highest BCUT2D eigenvalue weighted by molar-refractivity contribution is 5.81. The lowest BCUT2D eigenvalue weighted by Crippen LogP contribution is -2.26. The van der Waals surface area contributed by atoms with Crippen LogP contribution in [-0.4, -0.2) is 29.7 Å². The Hall–Kier alpha value is -2.30. The number of rotatable bonds is 2. The average molecular weight is 272 g/mol. The number of nitrogens with zero attached hydrogens (tertiary/aromatic N) is 2. The maximum atomic E-state index is 11.8. The van der Waals surface area contributed by atoms with Crippen molar-refractivity contribution < 1.29 is 14.3 Å². The van der Waals surface area contributed by atoms with Crippen LogP contribution in [0.5, 0.6) is 5.75 Å². The van der Waals surface area contributed by atoms with Crippen LogP contribution < -0.4 is 4.74 Å². The molecule has 1 aliphatic heterocycles. The van der Waals surface area contributed by atoms with Crippen LogP contribution in [0.2, 0.25) is 0 Å². The van der Waals surface area contributed by atoms with E-state index in [0.29, 0.717) is 19.7 Å². The van der Waals surface area contributed by atoms with Crippen molar-refractivity contribution >= 4 is 17.0 Å². The Morgan fingerprint density at radius 2 is 2.20 bits per heavy atom. The number of carbonyl (C=O) groups is 1. The Morgan fingerprint density at radius 3 is 2.95 bits per heavy atom. The summed E-state index contributed by atoms with van der Waals surface area (Å²) in [6, 6.07) is 7.88. The molecule has 0 unspecified atom stereocenters.